The summed E-state index contributed by atoms with van der Waals surface area (Å²) in [5, 5.41) is 3.25. The summed E-state index contributed by atoms with van der Waals surface area (Å²) in [6.07, 6.45) is -4.38. The Morgan fingerprint density at radius 2 is 1.62 bits per heavy atom. The first kappa shape index (κ1) is 18.7. The molecule has 2 aromatic carbocycles. The van der Waals surface area contributed by atoms with Gasteiger partial charge in [-0.25, -0.2) is 4.39 Å². The fourth-order valence-corrected chi connectivity index (χ4v) is 3.26. The first-order chi connectivity index (χ1) is 12.4. The average molecular weight is 368 g/mol. The molecule has 1 N–H and O–H groups in total. The largest absolute Gasteiger partial charge is 0.494 e. The average Bonchev–Trinajstić information content (AvgIpc) is 2.63. The smallest absolute Gasteiger partial charge is 0.416 e. The van der Waals surface area contributed by atoms with Crippen molar-refractivity contribution in [1.29, 1.82) is 0 Å². The molecule has 1 unspecified atom stereocenters. The number of hydrogen-bond acceptors (Lipinski definition) is 3. The van der Waals surface area contributed by atoms with Gasteiger partial charge in [-0.3, -0.25) is 4.90 Å². The standard InChI is InChI=1S/C19H20F4N2O/c1-26-17-7-4-14(12-16(17)20)18(25-10-8-24-9-11-25)13-2-5-15(6-3-13)19(21,22)23/h2-7,12,18,24H,8-11H2,1H3. The number of nitrogens with zero attached hydrogens (tertiary/aromatic N) is 1. The van der Waals surface area contributed by atoms with Gasteiger partial charge in [-0.2, -0.15) is 13.2 Å². The molecule has 140 valence electrons. The highest BCUT2D eigenvalue weighted by molar-refractivity contribution is 5.38. The molecule has 0 saturated carbocycles. The number of benzene rings is 2. The van der Waals surface area contributed by atoms with Gasteiger partial charge in [0.05, 0.1) is 18.7 Å². The maximum atomic E-state index is 14.2. The molecular weight excluding hydrogens is 348 g/mol. The Labute approximate surface area is 149 Å². The molecule has 0 aromatic heterocycles. The van der Waals surface area contributed by atoms with Crippen LogP contribution < -0.4 is 10.1 Å². The van der Waals surface area contributed by atoms with E-state index < -0.39 is 17.6 Å². The molecular formula is C19H20F4N2O. The predicted molar refractivity (Wildman–Crippen MR) is 90.7 cm³/mol. The SMILES string of the molecule is COc1ccc(C(c2ccc(C(F)(F)F)cc2)N2CCNCC2)cc1F. The number of nitrogens with one attached hydrogen (secondary N) is 1. The van der Waals surface area contributed by atoms with E-state index in [0.29, 0.717) is 11.1 Å². The Kier molecular flexibility index (Phi) is 5.48. The minimum atomic E-state index is -4.38. The van der Waals surface area contributed by atoms with E-state index in [2.05, 4.69) is 10.2 Å². The van der Waals surface area contributed by atoms with Crippen molar-refractivity contribution in [3.63, 3.8) is 0 Å². The van der Waals surface area contributed by atoms with Gasteiger partial charge >= 0.3 is 6.18 Å². The van der Waals surface area contributed by atoms with Crippen LogP contribution in [0, 0.1) is 5.82 Å². The Balaban J connectivity index is 1.99. The lowest BCUT2D eigenvalue weighted by molar-refractivity contribution is -0.137. The molecule has 7 heteroatoms. The van der Waals surface area contributed by atoms with Gasteiger partial charge in [-0.1, -0.05) is 18.2 Å². The first-order valence-electron chi connectivity index (χ1n) is 8.35. The Morgan fingerprint density at radius 1 is 1.00 bits per heavy atom. The van der Waals surface area contributed by atoms with Gasteiger partial charge < -0.3 is 10.1 Å². The van der Waals surface area contributed by atoms with E-state index in [9.17, 15) is 17.6 Å². The molecule has 2 aromatic rings. The second kappa shape index (κ2) is 7.63. The predicted octanol–water partition coefficient (Wildman–Crippen LogP) is 3.85. The van der Waals surface area contributed by atoms with Crippen LogP contribution >= 0.6 is 0 Å². The Morgan fingerprint density at radius 3 is 2.15 bits per heavy atom. The molecule has 1 atom stereocenters. The number of halogens is 4. The summed E-state index contributed by atoms with van der Waals surface area (Å²) >= 11 is 0. The van der Waals surface area contributed by atoms with E-state index in [0.717, 1.165) is 38.3 Å². The van der Waals surface area contributed by atoms with Crippen molar-refractivity contribution in [2.75, 3.05) is 33.3 Å². The summed E-state index contributed by atoms with van der Waals surface area (Å²) in [5.74, 6) is -0.350. The third-order valence-electron chi connectivity index (χ3n) is 4.56. The summed E-state index contributed by atoms with van der Waals surface area (Å²) in [5.41, 5.74) is 0.690. The molecule has 3 rings (SSSR count). The van der Waals surface area contributed by atoms with Gasteiger partial charge in [0, 0.05) is 26.2 Å². The van der Waals surface area contributed by atoms with Crippen LogP contribution in [0.1, 0.15) is 22.7 Å². The van der Waals surface area contributed by atoms with E-state index >= 15 is 0 Å². The molecule has 1 fully saturated rings. The molecule has 26 heavy (non-hydrogen) atoms. The summed E-state index contributed by atoms with van der Waals surface area (Å²) < 4.78 is 57.7. The van der Waals surface area contributed by atoms with Crippen LogP contribution in [-0.2, 0) is 6.18 Å². The molecule has 0 aliphatic carbocycles. The van der Waals surface area contributed by atoms with E-state index in [-0.39, 0.29) is 11.8 Å². The number of piperazine rings is 1. The van der Waals surface area contributed by atoms with Gasteiger partial charge in [0.15, 0.2) is 11.6 Å². The first-order valence-corrected chi connectivity index (χ1v) is 8.35. The lowest BCUT2D eigenvalue weighted by Crippen LogP contribution is -2.45. The molecule has 3 nitrogen and oxygen atoms in total. The van der Waals surface area contributed by atoms with Crippen molar-refractivity contribution in [2.45, 2.75) is 12.2 Å². The third kappa shape index (κ3) is 3.99. The minimum Gasteiger partial charge on any atom is -0.494 e. The zero-order valence-corrected chi connectivity index (χ0v) is 14.3. The number of ether oxygens (including phenoxy) is 1. The number of hydrogen-bond donors (Lipinski definition) is 1. The van der Waals surface area contributed by atoms with E-state index in [1.165, 1.54) is 25.3 Å². The summed E-state index contributed by atoms with van der Waals surface area (Å²) in [7, 11) is 1.39. The molecule has 1 heterocycles. The number of methoxy groups -OCH3 is 1. The summed E-state index contributed by atoms with van der Waals surface area (Å²) in [6, 6.07) is 9.46. The fourth-order valence-electron chi connectivity index (χ4n) is 3.26. The van der Waals surface area contributed by atoms with Gasteiger partial charge in [0.1, 0.15) is 0 Å². The van der Waals surface area contributed by atoms with Crippen LogP contribution in [0.4, 0.5) is 17.6 Å². The van der Waals surface area contributed by atoms with Crippen molar-refractivity contribution in [3.8, 4) is 5.75 Å². The normalized spacial score (nSPS) is 17.1. The second-order valence-electron chi connectivity index (χ2n) is 6.20. The molecule has 1 saturated heterocycles. The molecule has 0 bridgehead atoms. The van der Waals surface area contributed by atoms with Gasteiger partial charge in [-0.05, 0) is 35.4 Å². The van der Waals surface area contributed by atoms with Crippen LogP contribution in [0.2, 0.25) is 0 Å². The van der Waals surface area contributed by atoms with Crippen LogP contribution in [0.15, 0.2) is 42.5 Å². The van der Waals surface area contributed by atoms with E-state index in [1.807, 2.05) is 0 Å². The highest BCUT2D eigenvalue weighted by Gasteiger charge is 2.31. The van der Waals surface area contributed by atoms with Gasteiger partial charge in [0.2, 0.25) is 0 Å². The van der Waals surface area contributed by atoms with Crippen molar-refractivity contribution in [3.05, 3.63) is 65.0 Å². The zero-order valence-electron chi connectivity index (χ0n) is 14.3. The minimum absolute atomic E-state index is 0.139. The van der Waals surface area contributed by atoms with Crippen molar-refractivity contribution in [1.82, 2.24) is 10.2 Å². The monoisotopic (exact) mass is 368 g/mol. The maximum absolute atomic E-state index is 14.2. The molecule has 1 aliphatic rings. The lowest BCUT2D eigenvalue weighted by atomic mass is 9.95. The Hall–Kier alpha value is -2.12. The van der Waals surface area contributed by atoms with Crippen LogP contribution in [-0.4, -0.2) is 38.2 Å². The summed E-state index contributed by atoms with van der Waals surface area (Å²) in [4.78, 5) is 2.14. The quantitative estimate of drug-likeness (QED) is 0.830. The third-order valence-corrected chi connectivity index (χ3v) is 4.56. The fraction of sp³-hybridized carbons (Fsp3) is 0.368. The van der Waals surface area contributed by atoms with Crippen LogP contribution in [0.3, 0.4) is 0 Å². The molecule has 1 aliphatic heterocycles. The maximum Gasteiger partial charge on any atom is 0.416 e. The lowest BCUT2D eigenvalue weighted by Gasteiger charge is -2.35. The van der Waals surface area contributed by atoms with Crippen molar-refractivity contribution < 1.29 is 22.3 Å². The van der Waals surface area contributed by atoms with Crippen LogP contribution in [0.25, 0.3) is 0 Å². The number of alkyl halides is 3. The highest BCUT2D eigenvalue weighted by Crippen LogP contribution is 2.34. The molecule has 0 spiro atoms. The van der Waals surface area contributed by atoms with Crippen molar-refractivity contribution >= 4 is 0 Å². The van der Waals surface area contributed by atoms with Gasteiger partial charge in [0.25, 0.3) is 0 Å². The Bertz CT molecular complexity index is 740. The van der Waals surface area contributed by atoms with E-state index in [4.69, 9.17) is 4.74 Å². The topological polar surface area (TPSA) is 24.5 Å². The second-order valence-corrected chi connectivity index (χ2v) is 6.20. The van der Waals surface area contributed by atoms with E-state index in [1.54, 1.807) is 12.1 Å². The molecule has 0 radical (unpaired) electrons. The highest BCUT2D eigenvalue weighted by atomic mass is 19.4. The summed E-state index contributed by atoms with van der Waals surface area (Å²) in [6.45, 7) is 2.99. The van der Waals surface area contributed by atoms with Crippen molar-refractivity contribution in [2.24, 2.45) is 0 Å². The molecule has 0 amide bonds. The van der Waals surface area contributed by atoms with Gasteiger partial charge in [-0.15, -0.1) is 0 Å². The van der Waals surface area contributed by atoms with Crippen LogP contribution in [0.5, 0.6) is 5.75 Å². The zero-order chi connectivity index (χ0) is 18.7. The number of rotatable bonds is 4.